The van der Waals surface area contributed by atoms with Gasteiger partial charge in [0.05, 0.1) is 18.2 Å². The molecule has 0 spiro atoms. The molecule has 7 nitrogen and oxygen atoms in total. The first kappa shape index (κ1) is 19.7. The number of carbonyl (C=O) groups is 3. The molecule has 0 radical (unpaired) electrons. The maximum Gasteiger partial charge on any atom is 0.411 e. The first-order valence-corrected chi connectivity index (χ1v) is 10.2. The van der Waals surface area contributed by atoms with Crippen LogP contribution >= 0.6 is 0 Å². The van der Waals surface area contributed by atoms with Crippen LogP contribution < -0.4 is 5.32 Å². The van der Waals surface area contributed by atoms with Crippen molar-refractivity contribution in [3.8, 4) is 0 Å². The number of nitrogens with one attached hydrogen (secondary N) is 1. The molecular weight excluding hydrogens is 372 g/mol. The van der Waals surface area contributed by atoms with Gasteiger partial charge in [0.2, 0.25) is 5.91 Å². The lowest BCUT2D eigenvalue weighted by molar-refractivity contribution is -0.127. The Morgan fingerprint density at radius 3 is 2.31 bits per heavy atom. The first-order valence-electron chi connectivity index (χ1n) is 10.2. The molecule has 3 aliphatic rings. The fraction of sp³-hybridized carbons (Fsp3) is 0.591. The van der Waals surface area contributed by atoms with Gasteiger partial charge in [-0.3, -0.25) is 9.69 Å². The van der Waals surface area contributed by atoms with Crippen LogP contribution in [0.5, 0.6) is 0 Å². The molecular formula is C22H28N2O5. The fourth-order valence-corrected chi connectivity index (χ4v) is 4.24. The molecule has 3 atom stereocenters. The number of likely N-dealkylation sites (tertiary alicyclic amines) is 1. The van der Waals surface area contributed by atoms with Gasteiger partial charge in [0, 0.05) is 6.04 Å². The summed E-state index contributed by atoms with van der Waals surface area (Å²) >= 11 is 0. The van der Waals surface area contributed by atoms with E-state index in [2.05, 4.69) is 5.32 Å². The molecule has 2 unspecified atom stereocenters. The van der Waals surface area contributed by atoms with Crippen LogP contribution in [0.4, 0.5) is 4.79 Å². The Kier molecular flexibility index (Phi) is 4.59. The lowest BCUT2D eigenvalue weighted by atomic mass is 10.0. The summed E-state index contributed by atoms with van der Waals surface area (Å²) < 4.78 is 10.3. The van der Waals surface area contributed by atoms with Gasteiger partial charge in [0.1, 0.15) is 11.6 Å². The van der Waals surface area contributed by atoms with Crippen molar-refractivity contribution in [3.05, 3.63) is 35.4 Å². The second-order valence-electron chi connectivity index (χ2n) is 9.34. The summed E-state index contributed by atoms with van der Waals surface area (Å²) in [4.78, 5) is 39.1. The highest BCUT2D eigenvalue weighted by Crippen LogP contribution is 2.50. The number of rotatable bonds is 4. The normalized spacial score (nSPS) is 26.3. The molecule has 0 bridgehead atoms. The third-order valence-corrected chi connectivity index (χ3v) is 5.98. The van der Waals surface area contributed by atoms with Gasteiger partial charge in [-0.25, -0.2) is 9.59 Å². The summed E-state index contributed by atoms with van der Waals surface area (Å²) in [5.41, 5.74) is 0.429. The molecule has 2 amide bonds. The van der Waals surface area contributed by atoms with E-state index < -0.39 is 23.3 Å². The fourth-order valence-electron chi connectivity index (χ4n) is 4.24. The highest BCUT2D eigenvalue weighted by molar-refractivity contribution is 5.90. The second kappa shape index (κ2) is 6.75. The molecule has 1 N–H and O–H groups in total. The van der Waals surface area contributed by atoms with Crippen molar-refractivity contribution in [2.45, 2.75) is 69.7 Å². The Balaban J connectivity index is 1.46. The summed E-state index contributed by atoms with van der Waals surface area (Å²) in [7, 11) is 1.35. The molecule has 4 rings (SSSR count). The Morgan fingerprint density at radius 1 is 1.10 bits per heavy atom. The maximum atomic E-state index is 13.1. The van der Waals surface area contributed by atoms with Gasteiger partial charge in [0.25, 0.3) is 0 Å². The van der Waals surface area contributed by atoms with Crippen molar-refractivity contribution in [1.29, 1.82) is 0 Å². The van der Waals surface area contributed by atoms with Crippen molar-refractivity contribution in [2.75, 3.05) is 7.11 Å². The summed E-state index contributed by atoms with van der Waals surface area (Å²) in [6.07, 6.45) is 2.90. The molecule has 29 heavy (non-hydrogen) atoms. The van der Waals surface area contributed by atoms with E-state index >= 15 is 0 Å². The van der Waals surface area contributed by atoms with Crippen LogP contribution in [-0.4, -0.2) is 47.7 Å². The largest absolute Gasteiger partial charge is 0.465 e. The summed E-state index contributed by atoms with van der Waals surface area (Å²) in [6, 6.07) is 6.78. The van der Waals surface area contributed by atoms with E-state index in [1.165, 1.54) is 7.11 Å². The summed E-state index contributed by atoms with van der Waals surface area (Å²) in [5.74, 6) is -0.117. The predicted octanol–water partition coefficient (Wildman–Crippen LogP) is 2.98. The van der Waals surface area contributed by atoms with Gasteiger partial charge in [-0.1, -0.05) is 12.1 Å². The van der Waals surface area contributed by atoms with Crippen molar-refractivity contribution in [3.63, 3.8) is 0 Å². The number of ether oxygens (including phenoxy) is 2. The number of benzene rings is 1. The van der Waals surface area contributed by atoms with E-state index in [-0.39, 0.29) is 17.9 Å². The van der Waals surface area contributed by atoms with Gasteiger partial charge >= 0.3 is 12.1 Å². The third kappa shape index (κ3) is 3.82. The summed E-state index contributed by atoms with van der Waals surface area (Å²) in [6.45, 7) is 5.49. The van der Waals surface area contributed by atoms with E-state index in [4.69, 9.17) is 9.47 Å². The molecule has 2 saturated carbocycles. The number of carbonyl (C=O) groups excluding carboxylic acids is 3. The number of methoxy groups -OCH3 is 1. The van der Waals surface area contributed by atoms with E-state index in [9.17, 15) is 14.4 Å². The quantitative estimate of drug-likeness (QED) is 0.786. The average molecular weight is 400 g/mol. The highest BCUT2D eigenvalue weighted by Gasteiger charge is 2.58. The van der Waals surface area contributed by atoms with Crippen LogP contribution in [0.1, 0.15) is 62.4 Å². The molecule has 1 heterocycles. The Morgan fingerprint density at radius 2 is 1.76 bits per heavy atom. The molecule has 156 valence electrons. The number of amides is 2. The van der Waals surface area contributed by atoms with E-state index in [1.807, 2.05) is 32.9 Å². The van der Waals surface area contributed by atoms with Crippen LogP contribution in [0.15, 0.2) is 24.3 Å². The van der Waals surface area contributed by atoms with Crippen LogP contribution in [0.2, 0.25) is 0 Å². The van der Waals surface area contributed by atoms with Crippen LogP contribution in [0.3, 0.4) is 0 Å². The molecule has 3 fully saturated rings. The highest BCUT2D eigenvalue weighted by atomic mass is 16.6. The number of esters is 1. The first-order chi connectivity index (χ1) is 13.6. The monoisotopic (exact) mass is 400 g/mol. The zero-order chi connectivity index (χ0) is 21.0. The number of hydrogen-bond acceptors (Lipinski definition) is 5. The van der Waals surface area contributed by atoms with Crippen molar-refractivity contribution >= 4 is 18.0 Å². The standard InChI is InChI=1S/C22H28N2O5/c1-21(2,3)29-20(27)24-16-11-14(16)12-17(24)18(25)23-22(9-10-22)15-7-5-13(6-8-15)19(26)28-4/h5-8,14,16-17H,9-12H2,1-4H3,(H,23,25)/t14-,16?,17?/m0/s1. The van der Waals surface area contributed by atoms with Crippen molar-refractivity contribution in [1.82, 2.24) is 10.2 Å². The molecule has 1 saturated heterocycles. The molecule has 2 aliphatic carbocycles. The van der Waals surface area contributed by atoms with E-state index in [1.54, 1.807) is 17.0 Å². The molecule has 1 aromatic rings. The van der Waals surface area contributed by atoms with Gasteiger partial charge in [0.15, 0.2) is 0 Å². The molecule has 7 heteroatoms. The minimum Gasteiger partial charge on any atom is -0.465 e. The topological polar surface area (TPSA) is 84.9 Å². The number of piperidine rings is 1. The Labute approximate surface area is 170 Å². The smallest absolute Gasteiger partial charge is 0.411 e. The molecule has 1 aromatic carbocycles. The van der Waals surface area contributed by atoms with E-state index in [0.717, 1.165) is 24.8 Å². The minimum atomic E-state index is -0.593. The third-order valence-electron chi connectivity index (χ3n) is 5.98. The van der Waals surface area contributed by atoms with Gasteiger partial charge in [-0.2, -0.15) is 0 Å². The van der Waals surface area contributed by atoms with E-state index in [0.29, 0.717) is 17.9 Å². The SMILES string of the molecule is COC(=O)c1ccc(C2(NC(=O)C3C[C@@H]4CC4N3C(=O)OC(C)(C)C)CC2)cc1. The van der Waals surface area contributed by atoms with Crippen molar-refractivity contribution < 1.29 is 23.9 Å². The van der Waals surface area contributed by atoms with Crippen molar-refractivity contribution in [2.24, 2.45) is 5.92 Å². The molecule has 0 aromatic heterocycles. The number of nitrogens with zero attached hydrogens (tertiary/aromatic N) is 1. The zero-order valence-electron chi connectivity index (χ0n) is 17.4. The number of hydrogen-bond donors (Lipinski definition) is 1. The minimum absolute atomic E-state index is 0.120. The average Bonchev–Trinajstić information content (AvgIpc) is 3.58. The van der Waals surface area contributed by atoms with Gasteiger partial charge in [-0.05, 0) is 70.1 Å². The van der Waals surface area contributed by atoms with Gasteiger partial charge in [-0.15, -0.1) is 0 Å². The Hall–Kier alpha value is -2.57. The lowest BCUT2D eigenvalue weighted by Crippen LogP contribution is -2.51. The lowest BCUT2D eigenvalue weighted by Gasteiger charge is -2.31. The molecule has 1 aliphatic heterocycles. The summed E-state index contributed by atoms with van der Waals surface area (Å²) in [5, 5.41) is 3.17. The number of fused-ring (bicyclic) bond motifs is 1. The van der Waals surface area contributed by atoms with Crippen LogP contribution in [-0.2, 0) is 19.8 Å². The van der Waals surface area contributed by atoms with Gasteiger partial charge < -0.3 is 14.8 Å². The van der Waals surface area contributed by atoms with Crippen LogP contribution in [0.25, 0.3) is 0 Å². The zero-order valence-corrected chi connectivity index (χ0v) is 17.4. The Bertz CT molecular complexity index is 838. The van der Waals surface area contributed by atoms with Crippen LogP contribution in [0, 0.1) is 5.92 Å². The predicted molar refractivity (Wildman–Crippen MR) is 105 cm³/mol. The maximum absolute atomic E-state index is 13.1. The second-order valence-corrected chi connectivity index (χ2v) is 9.34.